The number of hydrogen-bond acceptors (Lipinski definition) is 5. The molecular weight excluding hydrogens is 313 g/mol. The minimum Gasteiger partial charge on any atom is -0.389 e. The third-order valence-electron chi connectivity index (χ3n) is 4.35. The molecule has 3 atom stereocenters. The van der Waals surface area contributed by atoms with Crippen molar-refractivity contribution in [3.8, 4) is 5.69 Å². The second kappa shape index (κ2) is 7.40. The first-order valence-electron chi connectivity index (χ1n) is 8.06. The smallest absolute Gasteiger partial charge is 0.123 e. The van der Waals surface area contributed by atoms with Gasteiger partial charge in [0.1, 0.15) is 11.9 Å². The van der Waals surface area contributed by atoms with Crippen molar-refractivity contribution >= 4 is 0 Å². The Morgan fingerprint density at radius 2 is 2.04 bits per heavy atom. The monoisotopic (exact) mass is 335 g/mol. The quantitative estimate of drug-likeness (QED) is 0.851. The molecule has 24 heavy (non-hydrogen) atoms. The van der Waals surface area contributed by atoms with Crippen molar-refractivity contribution in [1.82, 2.24) is 14.7 Å². The number of halogens is 1. The molecule has 2 N–H and O–H groups in total. The van der Waals surface area contributed by atoms with Crippen molar-refractivity contribution in [2.75, 3.05) is 19.8 Å². The van der Waals surface area contributed by atoms with E-state index in [1.807, 2.05) is 13.1 Å². The van der Waals surface area contributed by atoms with Crippen molar-refractivity contribution < 1.29 is 19.3 Å². The van der Waals surface area contributed by atoms with Gasteiger partial charge in [0.15, 0.2) is 0 Å². The van der Waals surface area contributed by atoms with Crippen LogP contribution in [0.25, 0.3) is 5.69 Å². The minimum absolute atomic E-state index is 0.164. The molecule has 1 fully saturated rings. The third kappa shape index (κ3) is 3.64. The predicted molar refractivity (Wildman–Crippen MR) is 86.2 cm³/mol. The van der Waals surface area contributed by atoms with Crippen molar-refractivity contribution in [2.24, 2.45) is 0 Å². The zero-order valence-electron chi connectivity index (χ0n) is 13.5. The Kier molecular flexibility index (Phi) is 5.25. The molecule has 0 bridgehead atoms. The molecule has 7 heteroatoms. The van der Waals surface area contributed by atoms with Crippen LogP contribution in [0.5, 0.6) is 0 Å². The summed E-state index contributed by atoms with van der Waals surface area (Å²) < 4.78 is 20.1. The largest absolute Gasteiger partial charge is 0.389 e. The molecule has 1 aliphatic rings. The van der Waals surface area contributed by atoms with E-state index >= 15 is 0 Å². The molecule has 2 aromatic rings. The van der Waals surface area contributed by atoms with Gasteiger partial charge < -0.3 is 14.9 Å². The van der Waals surface area contributed by atoms with Crippen LogP contribution in [0.4, 0.5) is 4.39 Å². The number of aliphatic hydroxyl groups is 2. The molecule has 3 rings (SSSR count). The predicted octanol–water partition coefficient (Wildman–Crippen LogP) is 0.954. The van der Waals surface area contributed by atoms with Gasteiger partial charge in [-0.3, -0.25) is 4.90 Å². The highest BCUT2D eigenvalue weighted by Gasteiger charge is 2.34. The second-order valence-corrected chi connectivity index (χ2v) is 6.00. The summed E-state index contributed by atoms with van der Waals surface area (Å²) in [5, 5.41) is 24.3. The summed E-state index contributed by atoms with van der Waals surface area (Å²) in [5.41, 5.74) is 1.75. The molecule has 0 unspecified atom stereocenters. The van der Waals surface area contributed by atoms with Gasteiger partial charge >= 0.3 is 0 Å². The van der Waals surface area contributed by atoms with E-state index in [4.69, 9.17) is 4.74 Å². The van der Waals surface area contributed by atoms with E-state index < -0.39 is 12.2 Å². The van der Waals surface area contributed by atoms with Gasteiger partial charge in [-0.25, -0.2) is 9.07 Å². The number of benzene rings is 1. The Hall–Kier alpha value is -1.80. The lowest BCUT2D eigenvalue weighted by molar-refractivity contribution is -0.133. The van der Waals surface area contributed by atoms with E-state index in [-0.39, 0.29) is 18.5 Å². The molecule has 6 nitrogen and oxygen atoms in total. The van der Waals surface area contributed by atoms with E-state index in [0.717, 1.165) is 11.3 Å². The van der Waals surface area contributed by atoms with Crippen LogP contribution in [0.1, 0.15) is 12.5 Å². The average Bonchev–Trinajstić information content (AvgIpc) is 3.05. The van der Waals surface area contributed by atoms with Crippen molar-refractivity contribution in [3.63, 3.8) is 0 Å². The first-order chi connectivity index (χ1) is 11.6. The molecule has 0 aliphatic carbocycles. The summed E-state index contributed by atoms with van der Waals surface area (Å²) in [6, 6.07) is 5.86. The van der Waals surface area contributed by atoms with Crippen LogP contribution < -0.4 is 0 Å². The third-order valence-corrected chi connectivity index (χ3v) is 4.35. The number of nitrogens with zero attached hydrogens (tertiary/aromatic N) is 3. The lowest BCUT2D eigenvalue weighted by Gasteiger charge is -2.38. The van der Waals surface area contributed by atoms with Gasteiger partial charge in [0.05, 0.1) is 37.2 Å². The van der Waals surface area contributed by atoms with Crippen LogP contribution in [0.2, 0.25) is 0 Å². The molecule has 0 saturated carbocycles. The van der Waals surface area contributed by atoms with Gasteiger partial charge in [-0.05, 0) is 30.8 Å². The maximum Gasteiger partial charge on any atom is 0.123 e. The number of rotatable bonds is 5. The maximum atomic E-state index is 13.0. The van der Waals surface area contributed by atoms with Gasteiger partial charge in [0, 0.05) is 18.3 Å². The van der Waals surface area contributed by atoms with Gasteiger partial charge in [0.2, 0.25) is 0 Å². The average molecular weight is 335 g/mol. The van der Waals surface area contributed by atoms with Crippen molar-refractivity contribution in [2.45, 2.75) is 31.7 Å². The molecule has 1 aromatic carbocycles. The van der Waals surface area contributed by atoms with Crippen LogP contribution in [-0.2, 0) is 11.3 Å². The minimum atomic E-state index is -0.861. The summed E-state index contributed by atoms with van der Waals surface area (Å²) in [6.07, 6.45) is 1.94. The number of likely N-dealkylation sites (N-methyl/N-ethyl adjacent to an activating group) is 1. The summed E-state index contributed by atoms with van der Waals surface area (Å²) >= 11 is 0. The number of hydrogen-bond donors (Lipinski definition) is 2. The fourth-order valence-corrected chi connectivity index (χ4v) is 2.96. The van der Waals surface area contributed by atoms with E-state index in [2.05, 4.69) is 10.00 Å². The molecule has 0 spiro atoms. The lowest BCUT2D eigenvalue weighted by atomic mass is 10.0. The zero-order valence-corrected chi connectivity index (χ0v) is 13.5. The number of ether oxygens (including phenoxy) is 1. The normalized spacial score (nSPS) is 24.5. The molecule has 1 saturated heterocycles. The first kappa shape index (κ1) is 17.0. The SMILES string of the molecule is CCN(Cc1cnn(-c2ccc(F)cc2)c1)[C@@H]1COC[C@@H](O)[C@H]1O. The Labute approximate surface area is 140 Å². The highest BCUT2D eigenvalue weighted by Crippen LogP contribution is 2.18. The molecular formula is C17H22FN3O3. The summed E-state index contributed by atoms with van der Waals surface area (Å²) in [6.45, 7) is 3.84. The van der Waals surface area contributed by atoms with E-state index in [9.17, 15) is 14.6 Å². The van der Waals surface area contributed by atoms with E-state index in [0.29, 0.717) is 19.7 Å². The lowest BCUT2D eigenvalue weighted by Crippen LogP contribution is -2.55. The van der Waals surface area contributed by atoms with Crippen LogP contribution in [0, 0.1) is 5.82 Å². The Balaban J connectivity index is 1.71. The van der Waals surface area contributed by atoms with Crippen LogP contribution in [0.3, 0.4) is 0 Å². The maximum absolute atomic E-state index is 13.0. The van der Waals surface area contributed by atoms with Crippen LogP contribution in [0.15, 0.2) is 36.7 Å². The van der Waals surface area contributed by atoms with Gasteiger partial charge in [-0.2, -0.15) is 5.10 Å². The zero-order chi connectivity index (χ0) is 17.1. The van der Waals surface area contributed by atoms with Crippen LogP contribution in [-0.4, -0.2) is 62.9 Å². The van der Waals surface area contributed by atoms with Gasteiger partial charge in [-0.1, -0.05) is 6.92 Å². The molecule has 1 aromatic heterocycles. The van der Waals surface area contributed by atoms with Crippen molar-refractivity contribution in [1.29, 1.82) is 0 Å². The molecule has 0 radical (unpaired) electrons. The molecule has 2 heterocycles. The highest BCUT2D eigenvalue weighted by molar-refractivity contribution is 5.31. The first-order valence-corrected chi connectivity index (χ1v) is 8.06. The standard InChI is InChI=1S/C17H22FN3O3/c1-2-20(15-10-24-11-16(22)17(15)23)8-12-7-19-21(9-12)14-5-3-13(18)4-6-14/h3-7,9,15-17,22-23H,2,8,10-11H2,1H3/t15-,16-,17+/m1/s1. The molecule has 130 valence electrons. The summed E-state index contributed by atoms with van der Waals surface area (Å²) in [7, 11) is 0. The summed E-state index contributed by atoms with van der Waals surface area (Å²) in [4.78, 5) is 2.05. The highest BCUT2D eigenvalue weighted by atomic mass is 19.1. The fraction of sp³-hybridized carbons (Fsp3) is 0.471. The Bertz CT molecular complexity index is 661. The van der Waals surface area contributed by atoms with Crippen LogP contribution >= 0.6 is 0 Å². The Morgan fingerprint density at radius 1 is 1.29 bits per heavy atom. The van der Waals surface area contributed by atoms with Gasteiger partial charge in [-0.15, -0.1) is 0 Å². The Morgan fingerprint density at radius 3 is 2.75 bits per heavy atom. The fourth-order valence-electron chi connectivity index (χ4n) is 2.96. The topological polar surface area (TPSA) is 70.8 Å². The number of aromatic nitrogens is 2. The molecule has 0 amide bonds. The van der Waals surface area contributed by atoms with E-state index in [1.165, 1.54) is 12.1 Å². The number of aliphatic hydroxyl groups excluding tert-OH is 2. The molecule has 1 aliphatic heterocycles. The van der Waals surface area contributed by atoms with E-state index in [1.54, 1.807) is 23.0 Å². The van der Waals surface area contributed by atoms with Crippen molar-refractivity contribution in [3.05, 3.63) is 48.0 Å². The summed E-state index contributed by atoms with van der Waals surface area (Å²) in [5.74, 6) is -0.284. The van der Waals surface area contributed by atoms with Gasteiger partial charge in [0.25, 0.3) is 0 Å². The second-order valence-electron chi connectivity index (χ2n) is 6.00.